The molecule has 2 aromatic heterocycles. The van der Waals surface area contributed by atoms with Crippen molar-refractivity contribution in [1.29, 1.82) is 0 Å². The highest BCUT2D eigenvalue weighted by molar-refractivity contribution is 5.91. The summed E-state index contributed by atoms with van der Waals surface area (Å²) in [4.78, 5) is 12.5. The molecule has 4 rings (SSSR count). The van der Waals surface area contributed by atoms with Crippen LogP contribution in [0.4, 0.5) is 5.69 Å². The molecule has 0 unspecified atom stereocenters. The van der Waals surface area contributed by atoms with Crippen molar-refractivity contribution in [3.05, 3.63) is 90.4 Å². The Morgan fingerprint density at radius 2 is 1.90 bits per heavy atom. The molecule has 6 nitrogen and oxygen atoms in total. The van der Waals surface area contributed by atoms with E-state index in [0.717, 1.165) is 34.1 Å². The van der Waals surface area contributed by atoms with Gasteiger partial charge >= 0.3 is 0 Å². The molecule has 0 bridgehead atoms. The van der Waals surface area contributed by atoms with Crippen LogP contribution in [0.3, 0.4) is 0 Å². The lowest BCUT2D eigenvalue weighted by atomic mass is 10.1. The lowest BCUT2D eigenvalue weighted by Gasteiger charge is -2.11. The van der Waals surface area contributed by atoms with Gasteiger partial charge in [0.15, 0.2) is 0 Å². The van der Waals surface area contributed by atoms with Crippen molar-refractivity contribution in [3.8, 4) is 17.1 Å². The van der Waals surface area contributed by atoms with Gasteiger partial charge in [-0.05, 0) is 54.1 Å². The highest BCUT2D eigenvalue weighted by atomic mass is 16.5. The van der Waals surface area contributed by atoms with E-state index in [0.29, 0.717) is 19.4 Å². The van der Waals surface area contributed by atoms with Crippen LogP contribution in [-0.4, -0.2) is 22.8 Å². The first kappa shape index (κ1) is 19.5. The van der Waals surface area contributed by atoms with Gasteiger partial charge in [0, 0.05) is 36.5 Å². The smallest absolute Gasteiger partial charge is 0.224 e. The van der Waals surface area contributed by atoms with Crippen molar-refractivity contribution < 1.29 is 13.9 Å². The Kier molecular flexibility index (Phi) is 5.94. The Morgan fingerprint density at radius 3 is 2.67 bits per heavy atom. The summed E-state index contributed by atoms with van der Waals surface area (Å²) in [6.07, 6.45) is 4.51. The Morgan fingerprint density at radius 1 is 1.07 bits per heavy atom. The maximum atomic E-state index is 12.5. The standard InChI is InChI=1S/C24H23N3O3/c1-29-20-9-7-18(8-10-20)23-13-11-21(30-23)12-14-24(28)26-22-6-3-2-5-19(22)17-27-16-4-15-25-27/h2-11,13,15-16H,12,14,17H2,1H3,(H,26,28). The third-order valence-corrected chi connectivity index (χ3v) is 4.82. The number of furan rings is 1. The Bertz CT molecular complexity index is 1100. The van der Waals surface area contributed by atoms with E-state index in [1.165, 1.54) is 0 Å². The Balaban J connectivity index is 1.35. The largest absolute Gasteiger partial charge is 0.497 e. The van der Waals surface area contributed by atoms with E-state index in [1.807, 2.05) is 77.6 Å². The van der Waals surface area contributed by atoms with Crippen LogP contribution in [0.25, 0.3) is 11.3 Å². The highest BCUT2D eigenvalue weighted by Crippen LogP contribution is 2.25. The maximum absolute atomic E-state index is 12.5. The first-order valence-corrected chi connectivity index (χ1v) is 9.79. The van der Waals surface area contributed by atoms with Gasteiger partial charge in [-0.2, -0.15) is 5.10 Å². The van der Waals surface area contributed by atoms with Crippen molar-refractivity contribution in [2.24, 2.45) is 0 Å². The Hall–Kier alpha value is -3.80. The first-order valence-electron chi connectivity index (χ1n) is 9.79. The van der Waals surface area contributed by atoms with E-state index in [1.54, 1.807) is 13.3 Å². The summed E-state index contributed by atoms with van der Waals surface area (Å²) in [5.41, 5.74) is 2.78. The van der Waals surface area contributed by atoms with Crippen LogP contribution in [0.5, 0.6) is 5.75 Å². The Labute approximate surface area is 175 Å². The third kappa shape index (κ3) is 4.78. The average Bonchev–Trinajstić information content (AvgIpc) is 3.46. The summed E-state index contributed by atoms with van der Waals surface area (Å²) in [6, 6.07) is 21.2. The normalized spacial score (nSPS) is 10.7. The number of para-hydroxylation sites is 1. The molecular formula is C24H23N3O3. The predicted molar refractivity (Wildman–Crippen MR) is 115 cm³/mol. The predicted octanol–water partition coefficient (Wildman–Crippen LogP) is 4.77. The summed E-state index contributed by atoms with van der Waals surface area (Å²) >= 11 is 0. The molecule has 2 heterocycles. The van der Waals surface area contributed by atoms with E-state index in [9.17, 15) is 4.79 Å². The number of methoxy groups -OCH3 is 1. The minimum absolute atomic E-state index is 0.0506. The van der Waals surface area contributed by atoms with E-state index in [4.69, 9.17) is 9.15 Å². The third-order valence-electron chi connectivity index (χ3n) is 4.82. The van der Waals surface area contributed by atoms with E-state index in [-0.39, 0.29) is 5.91 Å². The molecule has 0 radical (unpaired) electrons. The van der Waals surface area contributed by atoms with Gasteiger partial charge in [-0.1, -0.05) is 18.2 Å². The number of aromatic nitrogens is 2. The van der Waals surface area contributed by atoms with Crippen molar-refractivity contribution in [1.82, 2.24) is 9.78 Å². The fourth-order valence-corrected chi connectivity index (χ4v) is 3.22. The zero-order valence-corrected chi connectivity index (χ0v) is 16.7. The van der Waals surface area contributed by atoms with Crippen LogP contribution in [0, 0.1) is 0 Å². The van der Waals surface area contributed by atoms with Crippen LogP contribution in [-0.2, 0) is 17.8 Å². The molecule has 30 heavy (non-hydrogen) atoms. The van der Waals surface area contributed by atoms with Gasteiger partial charge in [0.2, 0.25) is 5.91 Å². The summed E-state index contributed by atoms with van der Waals surface area (Å²) in [5, 5.41) is 7.24. The molecule has 1 amide bonds. The topological polar surface area (TPSA) is 69.3 Å². The molecular weight excluding hydrogens is 378 g/mol. The van der Waals surface area contributed by atoms with Crippen molar-refractivity contribution >= 4 is 11.6 Å². The van der Waals surface area contributed by atoms with Gasteiger partial charge < -0.3 is 14.5 Å². The number of amides is 1. The highest BCUT2D eigenvalue weighted by Gasteiger charge is 2.10. The zero-order valence-electron chi connectivity index (χ0n) is 16.7. The van der Waals surface area contributed by atoms with Gasteiger partial charge in [0.05, 0.1) is 13.7 Å². The number of carbonyl (C=O) groups excluding carboxylic acids is 1. The molecule has 1 N–H and O–H groups in total. The van der Waals surface area contributed by atoms with E-state index >= 15 is 0 Å². The SMILES string of the molecule is COc1ccc(-c2ccc(CCC(=O)Nc3ccccc3Cn3cccn3)o2)cc1. The van der Waals surface area contributed by atoms with Crippen LogP contribution in [0.1, 0.15) is 17.7 Å². The monoisotopic (exact) mass is 401 g/mol. The number of rotatable bonds is 8. The minimum Gasteiger partial charge on any atom is -0.497 e. The van der Waals surface area contributed by atoms with Crippen LogP contribution < -0.4 is 10.1 Å². The van der Waals surface area contributed by atoms with Crippen LogP contribution in [0.15, 0.2) is 83.5 Å². The second-order valence-electron chi connectivity index (χ2n) is 6.90. The van der Waals surface area contributed by atoms with Crippen molar-refractivity contribution in [3.63, 3.8) is 0 Å². The molecule has 0 atom stereocenters. The molecule has 0 saturated carbocycles. The quantitative estimate of drug-likeness (QED) is 0.462. The van der Waals surface area contributed by atoms with Crippen LogP contribution in [0.2, 0.25) is 0 Å². The second-order valence-corrected chi connectivity index (χ2v) is 6.90. The number of hydrogen-bond donors (Lipinski definition) is 1. The summed E-state index contributed by atoms with van der Waals surface area (Å²) in [7, 11) is 1.64. The molecule has 0 aliphatic heterocycles. The molecule has 0 spiro atoms. The number of benzene rings is 2. The average molecular weight is 401 g/mol. The van der Waals surface area contributed by atoms with Gasteiger partial charge in [0.25, 0.3) is 0 Å². The molecule has 152 valence electrons. The molecule has 0 aliphatic rings. The van der Waals surface area contributed by atoms with Gasteiger partial charge in [-0.25, -0.2) is 0 Å². The molecule has 2 aromatic carbocycles. The second kappa shape index (κ2) is 9.13. The van der Waals surface area contributed by atoms with Gasteiger partial charge in [-0.3, -0.25) is 9.48 Å². The summed E-state index contributed by atoms with van der Waals surface area (Å²) in [5.74, 6) is 2.30. The summed E-state index contributed by atoms with van der Waals surface area (Å²) in [6.45, 7) is 0.604. The minimum atomic E-state index is -0.0506. The molecule has 0 saturated heterocycles. The first-order chi connectivity index (χ1) is 14.7. The van der Waals surface area contributed by atoms with Gasteiger partial charge in [-0.15, -0.1) is 0 Å². The van der Waals surface area contributed by atoms with Crippen molar-refractivity contribution in [2.75, 3.05) is 12.4 Å². The molecule has 6 heteroatoms. The number of nitrogens with zero attached hydrogens (tertiary/aromatic N) is 2. The number of ether oxygens (including phenoxy) is 1. The molecule has 4 aromatic rings. The number of nitrogens with one attached hydrogen (secondary N) is 1. The fraction of sp³-hybridized carbons (Fsp3) is 0.167. The fourth-order valence-electron chi connectivity index (χ4n) is 3.22. The van der Waals surface area contributed by atoms with Crippen molar-refractivity contribution in [2.45, 2.75) is 19.4 Å². The number of anilines is 1. The summed E-state index contributed by atoms with van der Waals surface area (Å²) < 4.78 is 12.9. The lowest BCUT2D eigenvalue weighted by molar-refractivity contribution is -0.116. The lowest BCUT2D eigenvalue weighted by Crippen LogP contribution is -2.14. The van der Waals surface area contributed by atoms with E-state index in [2.05, 4.69) is 10.4 Å². The van der Waals surface area contributed by atoms with Gasteiger partial charge in [0.1, 0.15) is 17.3 Å². The number of aryl methyl sites for hydroxylation is 1. The zero-order chi connectivity index (χ0) is 20.8. The molecule has 0 aliphatic carbocycles. The van der Waals surface area contributed by atoms with E-state index < -0.39 is 0 Å². The number of carbonyl (C=O) groups is 1. The number of hydrogen-bond acceptors (Lipinski definition) is 4. The molecule has 0 fully saturated rings. The van der Waals surface area contributed by atoms with Crippen LogP contribution >= 0.6 is 0 Å². The maximum Gasteiger partial charge on any atom is 0.224 e.